The number of aromatic nitrogens is 2. The maximum absolute atomic E-state index is 11.8. The van der Waals surface area contributed by atoms with Crippen LogP contribution in [0.3, 0.4) is 0 Å². The molecule has 2 rings (SSSR count). The molecule has 0 aromatic carbocycles. The molecule has 0 saturated carbocycles. The molecule has 2 heterocycles. The van der Waals surface area contributed by atoms with Gasteiger partial charge in [0.05, 0.1) is 13.1 Å². The van der Waals surface area contributed by atoms with E-state index in [2.05, 4.69) is 15.3 Å². The van der Waals surface area contributed by atoms with E-state index < -0.39 is 11.6 Å². The number of rotatable bonds is 7. The summed E-state index contributed by atoms with van der Waals surface area (Å²) in [4.78, 5) is 31.0. The van der Waals surface area contributed by atoms with E-state index in [1.165, 1.54) is 0 Å². The summed E-state index contributed by atoms with van der Waals surface area (Å²) >= 11 is 0. The van der Waals surface area contributed by atoms with Gasteiger partial charge < -0.3 is 25.0 Å². The number of nitrogens with zero attached hydrogens (tertiary/aromatic N) is 2. The molecule has 116 valence electrons. The molecule has 1 aliphatic rings. The van der Waals surface area contributed by atoms with Crippen LogP contribution >= 0.6 is 0 Å². The van der Waals surface area contributed by atoms with E-state index in [9.17, 15) is 9.59 Å². The normalized spacial score (nSPS) is 16.3. The minimum Gasteiger partial charge on any atom is -0.480 e. The highest BCUT2D eigenvalue weighted by Crippen LogP contribution is 2.24. The molecule has 0 radical (unpaired) electrons. The first kappa shape index (κ1) is 15.3. The molecule has 8 nitrogen and oxygen atoms in total. The summed E-state index contributed by atoms with van der Waals surface area (Å²) in [6, 6.07) is -0.147. The van der Waals surface area contributed by atoms with Gasteiger partial charge in [-0.1, -0.05) is 0 Å². The monoisotopic (exact) mass is 296 g/mol. The zero-order valence-corrected chi connectivity index (χ0v) is 12.0. The van der Waals surface area contributed by atoms with Crippen LogP contribution in [0.25, 0.3) is 0 Å². The Hall–Kier alpha value is -2.09. The van der Waals surface area contributed by atoms with Gasteiger partial charge >= 0.3 is 12.0 Å². The van der Waals surface area contributed by atoms with Crippen LogP contribution in [0.4, 0.5) is 4.79 Å². The second kappa shape index (κ2) is 6.57. The van der Waals surface area contributed by atoms with Crippen molar-refractivity contribution < 1.29 is 19.4 Å². The van der Waals surface area contributed by atoms with Crippen LogP contribution in [0.15, 0.2) is 12.4 Å². The van der Waals surface area contributed by atoms with Gasteiger partial charge in [-0.25, -0.2) is 14.6 Å². The summed E-state index contributed by atoms with van der Waals surface area (Å²) < 4.78 is 5.25. The third-order valence-electron chi connectivity index (χ3n) is 3.30. The number of aryl methyl sites for hydroxylation is 1. The van der Waals surface area contributed by atoms with E-state index in [0.717, 1.165) is 18.7 Å². The number of carbonyl (C=O) groups is 2. The van der Waals surface area contributed by atoms with Gasteiger partial charge in [-0.05, 0) is 13.3 Å². The molecule has 1 saturated heterocycles. The van der Waals surface area contributed by atoms with Gasteiger partial charge in [0.2, 0.25) is 0 Å². The minimum absolute atomic E-state index is 0.147. The quantitative estimate of drug-likeness (QED) is 0.624. The SMILES string of the molecule is CC1(OCC(=O)O)CN(C(=O)NCCCc2ncc[nH]2)C1. The van der Waals surface area contributed by atoms with E-state index in [1.54, 1.807) is 24.2 Å². The molecule has 0 unspecified atom stereocenters. The summed E-state index contributed by atoms with van der Waals surface area (Å²) in [6.45, 7) is 2.85. The number of likely N-dealkylation sites (tertiary alicyclic amines) is 1. The molecule has 0 spiro atoms. The second-order valence-electron chi connectivity index (χ2n) is 5.36. The van der Waals surface area contributed by atoms with Crippen molar-refractivity contribution in [2.24, 2.45) is 0 Å². The lowest BCUT2D eigenvalue weighted by atomic mass is 9.97. The number of H-pyrrole nitrogens is 1. The summed E-state index contributed by atoms with van der Waals surface area (Å²) in [5, 5.41) is 11.4. The van der Waals surface area contributed by atoms with Crippen LogP contribution < -0.4 is 5.32 Å². The number of carboxylic acid groups (broad SMARTS) is 1. The Labute approximate surface area is 122 Å². The molecule has 0 bridgehead atoms. The fourth-order valence-electron chi connectivity index (χ4n) is 2.23. The highest BCUT2D eigenvalue weighted by atomic mass is 16.5. The Kier molecular flexibility index (Phi) is 4.79. The second-order valence-corrected chi connectivity index (χ2v) is 5.36. The van der Waals surface area contributed by atoms with Crippen molar-refractivity contribution in [2.45, 2.75) is 25.4 Å². The molecule has 1 fully saturated rings. The number of ether oxygens (including phenoxy) is 1. The highest BCUT2D eigenvalue weighted by Gasteiger charge is 2.42. The number of carboxylic acids is 1. The number of nitrogens with one attached hydrogen (secondary N) is 2. The van der Waals surface area contributed by atoms with Gasteiger partial charge in [0.15, 0.2) is 0 Å². The Morgan fingerprint density at radius 1 is 1.57 bits per heavy atom. The zero-order chi connectivity index (χ0) is 15.3. The van der Waals surface area contributed by atoms with Gasteiger partial charge in [0.1, 0.15) is 18.0 Å². The number of hydrogen-bond acceptors (Lipinski definition) is 4. The summed E-state index contributed by atoms with van der Waals surface area (Å²) in [5.41, 5.74) is -0.552. The van der Waals surface area contributed by atoms with E-state index in [4.69, 9.17) is 9.84 Å². The minimum atomic E-state index is -1.00. The van der Waals surface area contributed by atoms with Crippen molar-refractivity contribution in [1.82, 2.24) is 20.2 Å². The van der Waals surface area contributed by atoms with E-state index in [0.29, 0.717) is 19.6 Å². The first-order valence-corrected chi connectivity index (χ1v) is 6.85. The Morgan fingerprint density at radius 2 is 2.33 bits per heavy atom. The van der Waals surface area contributed by atoms with E-state index >= 15 is 0 Å². The van der Waals surface area contributed by atoms with E-state index in [1.807, 2.05) is 0 Å². The van der Waals surface area contributed by atoms with Gasteiger partial charge in [-0.2, -0.15) is 0 Å². The highest BCUT2D eigenvalue weighted by molar-refractivity contribution is 5.75. The zero-order valence-electron chi connectivity index (χ0n) is 12.0. The van der Waals surface area contributed by atoms with Crippen LogP contribution in [0.2, 0.25) is 0 Å². The number of aromatic amines is 1. The molecule has 1 aromatic heterocycles. The van der Waals surface area contributed by atoms with Gasteiger partial charge in [-0.3, -0.25) is 0 Å². The van der Waals surface area contributed by atoms with Crippen LogP contribution in [0.1, 0.15) is 19.2 Å². The average molecular weight is 296 g/mol. The van der Waals surface area contributed by atoms with Crippen LogP contribution in [0, 0.1) is 0 Å². The lowest BCUT2D eigenvalue weighted by Gasteiger charge is -2.46. The third kappa shape index (κ3) is 4.45. The van der Waals surface area contributed by atoms with Crippen LogP contribution in [0.5, 0.6) is 0 Å². The lowest BCUT2D eigenvalue weighted by Crippen LogP contribution is -2.65. The lowest BCUT2D eigenvalue weighted by molar-refractivity contribution is -0.159. The number of urea groups is 1. The first-order chi connectivity index (χ1) is 9.98. The number of hydrogen-bond donors (Lipinski definition) is 3. The molecule has 0 aliphatic carbocycles. The average Bonchev–Trinajstić information content (AvgIpc) is 2.91. The molecule has 2 amide bonds. The largest absolute Gasteiger partial charge is 0.480 e. The molecular formula is C13H20N4O4. The van der Waals surface area contributed by atoms with Gasteiger partial charge in [0.25, 0.3) is 0 Å². The van der Waals surface area contributed by atoms with Crippen LogP contribution in [-0.2, 0) is 16.0 Å². The Bertz CT molecular complexity index is 482. The van der Waals surface area contributed by atoms with Crippen LogP contribution in [-0.4, -0.2) is 63.8 Å². The predicted molar refractivity (Wildman–Crippen MR) is 73.9 cm³/mol. The summed E-state index contributed by atoms with van der Waals surface area (Å²) in [7, 11) is 0. The predicted octanol–water partition coefficient (Wildman–Crippen LogP) is 0.227. The number of aliphatic carboxylic acids is 1. The Balaban J connectivity index is 1.59. The molecule has 3 N–H and O–H groups in total. The van der Waals surface area contributed by atoms with Crippen molar-refractivity contribution >= 4 is 12.0 Å². The van der Waals surface area contributed by atoms with Crippen molar-refractivity contribution in [1.29, 1.82) is 0 Å². The van der Waals surface area contributed by atoms with Crippen molar-refractivity contribution in [3.05, 3.63) is 18.2 Å². The molecule has 0 atom stereocenters. The summed E-state index contributed by atoms with van der Waals surface area (Å²) in [6.07, 6.45) is 5.06. The maximum Gasteiger partial charge on any atom is 0.329 e. The fourth-order valence-corrected chi connectivity index (χ4v) is 2.23. The molecule has 8 heteroatoms. The maximum atomic E-state index is 11.8. The molecule has 1 aromatic rings. The Morgan fingerprint density at radius 3 is 2.95 bits per heavy atom. The topological polar surface area (TPSA) is 108 Å². The molecule has 1 aliphatic heterocycles. The van der Waals surface area contributed by atoms with Gasteiger partial charge in [0, 0.05) is 25.4 Å². The van der Waals surface area contributed by atoms with Crippen molar-refractivity contribution in [3.63, 3.8) is 0 Å². The summed E-state index contributed by atoms with van der Waals surface area (Å²) in [5.74, 6) is -0.0973. The number of carbonyl (C=O) groups excluding carboxylic acids is 1. The van der Waals surface area contributed by atoms with Crippen molar-refractivity contribution in [2.75, 3.05) is 26.2 Å². The number of amides is 2. The molecular weight excluding hydrogens is 276 g/mol. The standard InChI is InChI=1S/C13H20N4O4/c1-13(21-7-11(18)19)8-17(9-13)12(20)16-4-2-3-10-14-5-6-15-10/h5-6H,2-4,7-9H2,1H3,(H,14,15)(H,16,20)(H,18,19). The first-order valence-electron chi connectivity index (χ1n) is 6.85. The number of imidazole rings is 1. The fraction of sp³-hybridized carbons (Fsp3) is 0.615. The van der Waals surface area contributed by atoms with Gasteiger partial charge in [-0.15, -0.1) is 0 Å². The van der Waals surface area contributed by atoms with Crippen molar-refractivity contribution in [3.8, 4) is 0 Å². The van der Waals surface area contributed by atoms with E-state index in [-0.39, 0.29) is 12.6 Å². The molecule has 21 heavy (non-hydrogen) atoms. The third-order valence-corrected chi connectivity index (χ3v) is 3.30. The smallest absolute Gasteiger partial charge is 0.329 e.